The predicted octanol–water partition coefficient (Wildman–Crippen LogP) is 0.390. The quantitative estimate of drug-likeness (QED) is 0.664. The number of nitrogens with one attached hydrogen (secondary N) is 1. The van der Waals surface area contributed by atoms with Gasteiger partial charge in [-0.15, -0.1) is 0 Å². The summed E-state index contributed by atoms with van der Waals surface area (Å²) in [5, 5.41) is 12.4. The highest BCUT2D eigenvalue weighted by Gasteiger charge is 2.41. The van der Waals surface area contributed by atoms with Gasteiger partial charge in [0.2, 0.25) is 0 Å². The molecule has 1 aliphatic carbocycles. The number of nitrogen functional groups attached to an aromatic ring is 1. The van der Waals surface area contributed by atoms with Crippen molar-refractivity contribution in [3.63, 3.8) is 0 Å². The van der Waals surface area contributed by atoms with Gasteiger partial charge in [0.05, 0.1) is 6.61 Å². The zero-order valence-electron chi connectivity index (χ0n) is 9.94. The van der Waals surface area contributed by atoms with Gasteiger partial charge in [0, 0.05) is 25.1 Å². The Labute approximate surface area is 100 Å². The lowest BCUT2D eigenvalue weighted by Crippen LogP contribution is -2.20. The molecule has 4 N–H and O–H groups in total. The van der Waals surface area contributed by atoms with E-state index in [0.29, 0.717) is 30.6 Å². The number of aromatic nitrogens is 2. The molecule has 0 spiro atoms. The van der Waals surface area contributed by atoms with Crippen molar-refractivity contribution < 1.29 is 9.84 Å². The van der Waals surface area contributed by atoms with Crippen molar-refractivity contribution in [2.45, 2.75) is 19.4 Å². The summed E-state index contributed by atoms with van der Waals surface area (Å²) in [5.41, 5.74) is 5.72. The Hall–Kier alpha value is -1.40. The molecular formula is C11H18N4O2. The lowest BCUT2D eigenvalue weighted by molar-refractivity contribution is 0.178. The van der Waals surface area contributed by atoms with Gasteiger partial charge in [-0.2, -0.15) is 0 Å². The van der Waals surface area contributed by atoms with Crippen LogP contribution in [0.4, 0.5) is 11.6 Å². The first-order valence-corrected chi connectivity index (χ1v) is 5.64. The molecule has 0 saturated heterocycles. The number of nitrogens with zero attached hydrogens (tertiary/aromatic N) is 2. The van der Waals surface area contributed by atoms with E-state index in [1.54, 1.807) is 13.2 Å². The number of anilines is 2. The zero-order valence-corrected chi connectivity index (χ0v) is 9.94. The smallest absolute Gasteiger partial charge is 0.158 e. The lowest BCUT2D eigenvalue weighted by atomic mass is 10.1. The standard InChI is InChI=1S/C11H18N4O2/c1-17-5-10-14-8(12)4-9(15-10)13-6-11(7-16)2-3-11/h4,16H,2-3,5-7H2,1H3,(H3,12,13,14,15). The maximum Gasteiger partial charge on any atom is 0.158 e. The van der Waals surface area contributed by atoms with Crippen LogP contribution in [0, 0.1) is 5.41 Å². The third kappa shape index (κ3) is 3.04. The van der Waals surface area contributed by atoms with Crippen LogP contribution >= 0.6 is 0 Å². The second-order valence-corrected chi connectivity index (χ2v) is 4.54. The summed E-state index contributed by atoms with van der Waals surface area (Å²) in [6, 6.07) is 1.69. The van der Waals surface area contributed by atoms with Crippen molar-refractivity contribution in [1.82, 2.24) is 9.97 Å². The Morgan fingerprint density at radius 2 is 2.29 bits per heavy atom. The van der Waals surface area contributed by atoms with Crippen LogP contribution in [0.3, 0.4) is 0 Å². The normalized spacial score (nSPS) is 16.8. The zero-order chi connectivity index (χ0) is 12.3. The van der Waals surface area contributed by atoms with Crippen LogP contribution in [-0.2, 0) is 11.3 Å². The summed E-state index contributed by atoms with van der Waals surface area (Å²) in [5.74, 6) is 1.66. The summed E-state index contributed by atoms with van der Waals surface area (Å²) in [6.07, 6.45) is 2.12. The Morgan fingerprint density at radius 3 is 2.88 bits per heavy atom. The molecule has 1 aromatic rings. The molecule has 0 radical (unpaired) electrons. The summed E-state index contributed by atoms with van der Waals surface area (Å²) in [4.78, 5) is 8.34. The first-order chi connectivity index (χ1) is 8.17. The number of methoxy groups -OCH3 is 1. The van der Waals surface area contributed by atoms with E-state index in [4.69, 9.17) is 10.5 Å². The maximum absolute atomic E-state index is 9.21. The van der Waals surface area contributed by atoms with Crippen LogP contribution in [0.15, 0.2) is 6.07 Å². The van der Waals surface area contributed by atoms with Crippen molar-refractivity contribution in [1.29, 1.82) is 0 Å². The number of aliphatic hydroxyl groups is 1. The number of rotatable bonds is 6. The molecule has 0 aliphatic heterocycles. The Bertz CT molecular complexity index is 393. The average Bonchev–Trinajstić information content (AvgIpc) is 3.07. The number of ether oxygens (including phenoxy) is 1. The molecule has 0 aromatic carbocycles. The molecule has 94 valence electrons. The van der Waals surface area contributed by atoms with Gasteiger partial charge in [0.25, 0.3) is 0 Å². The molecule has 0 atom stereocenters. The molecule has 1 saturated carbocycles. The Kier molecular flexibility index (Phi) is 3.44. The van der Waals surface area contributed by atoms with Crippen molar-refractivity contribution in [2.75, 3.05) is 31.3 Å². The van der Waals surface area contributed by atoms with Crippen molar-refractivity contribution in [3.8, 4) is 0 Å². The number of nitrogens with two attached hydrogens (primary N) is 1. The minimum absolute atomic E-state index is 0.0428. The lowest BCUT2D eigenvalue weighted by Gasteiger charge is -2.13. The largest absolute Gasteiger partial charge is 0.396 e. The van der Waals surface area contributed by atoms with E-state index in [1.165, 1.54) is 0 Å². The van der Waals surface area contributed by atoms with E-state index in [0.717, 1.165) is 12.8 Å². The van der Waals surface area contributed by atoms with E-state index >= 15 is 0 Å². The highest BCUT2D eigenvalue weighted by molar-refractivity contribution is 5.44. The minimum atomic E-state index is 0.0428. The molecule has 1 aliphatic rings. The molecule has 2 rings (SSSR count). The van der Waals surface area contributed by atoms with Crippen LogP contribution in [-0.4, -0.2) is 35.3 Å². The van der Waals surface area contributed by atoms with Gasteiger partial charge in [-0.05, 0) is 12.8 Å². The van der Waals surface area contributed by atoms with Crippen molar-refractivity contribution >= 4 is 11.6 Å². The molecule has 17 heavy (non-hydrogen) atoms. The van der Waals surface area contributed by atoms with E-state index < -0.39 is 0 Å². The summed E-state index contributed by atoms with van der Waals surface area (Å²) in [6.45, 7) is 1.27. The molecule has 6 nitrogen and oxygen atoms in total. The Balaban J connectivity index is 2.00. The number of aliphatic hydroxyl groups excluding tert-OH is 1. The molecule has 0 bridgehead atoms. The molecule has 0 unspecified atom stereocenters. The van der Waals surface area contributed by atoms with Gasteiger partial charge in [-0.1, -0.05) is 0 Å². The van der Waals surface area contributed by atoms with Gasteiger partial charge < -0.3 is 20.9 Å². The van der Waals surface area contributed by atoms with Crippen LogP contribution in [0.2, 0.25) is 0 Å². The molecule has 1 heterocycles. The van der Waals surface area contributed by atoms with Crippen LogP contribution in [0.25, 0.3) is 0 Å². The fourth-order valence-corrected chi connectivity index (χ4v) is 1.65. The van der Waals surface area contributed by atoms with E-state index in [2.05, 4.69) is 15.3 Å². The van der Waals surface area contributed by atoms with Gasteiger partial charge in [-0.3, -0.25) is 0 Å². The second kappa shape index (κ2) is 4.85. The molecule has 0 amide bonds. The highest BCUT2D eigenvalue weighted by Crippen LogP contribution is 2.44. The summed E-state index contributed by atoms with van der Waals surface area (Å²) < 4.78 is 4.97. The summed E-state index contributed by atoms with van der Waals surface area (Å²) in [7, 11) is 1.59. The minimum Gasteiger partial charge on any atom is -0.396 e. The SMILES string of the molecule is COCc1nc(N)cc(NCC2(CO)CC2)n1. The first kappa shape index (κ1) is 12.1. The van der Waals surface area contributed by atoms with E-state index in [-0.39, 0.29) is 12.0 Å². The average molecular weight is 238 g/mol. The molecule has 1 aromatic heterocycles. The van der Waals surface area contributed by atoms with Crippen molar-refractivity contribution in [3.05, 3.63) is 11.9 Å². The van der Waals surface area contributed by atoms with Gasteiger partial charge >= 0.3 is 0 Å². The summed E-state index contributed by atoms with van der Waals surface area (Å²) >= 11 is 0. The van der Waals surface area contributed by atoms with E-state index in [9.17, 15) is 5.11 Å². The van der Waals surface area contributed by atoms with Crippen LogP contribution < -0.4 is 11.1 Å². The molecule has 1 fully saturated rings. The number of hydrogen-bond acceptors (Lipinski definition) is 6. The van der Waals surface area contributed by atoms with Gasteiger partial charge in [0.1, 0.15) is 18.2 Å². The predicted molar refractivity (Wildman–Crippen MR) is 64.4 cm³/mol. The second-order valence-electron chi connectivity index (χ2n) is 4.54. The molecule has 6 heteroatoms. The fourth-order valence-electron chi connectivity index (χ4n) is 1.65. The van der Waals surface area contributed by atoms with Crippen LogP contribution in [0.1, 0.15) is 18.7 Å². The van der Waals surface area contributed by atoms with Crippen molar-refractivity contribution in [2.24, 2.45) is 5.41 Å². The molecular weight excluding hydrogens is 220 g/mol. The topological polar surface area (TPSA) is 93.3 Å². The third-order valence-electron chi connectivity index (χ3n) is 3.00. The fraction of sp³-hybridized carbons (Fsp3) is 0.636. The van der Waals surface area contributed by atoms with Gasteiger partial charge in [-0.25, -0.2) is 9.97 Å². The third-order valence-corrected chi connectivity index (χ3v) is 3.00. The Morgan fingerprint density at radius 1 is 1.53 bits per heavy atom. The van der Waals surface area contributed by atoms with E-state index in [1.807, 2.05) is 0 Å². The first-order valence-electron chi connectivity index (χ1n) is 5.64. The van der Waals surface area contributed by atoms with Crippen LogP contribution in [0.5, 0.6) is 0 Å². The van der Waals surface area contributed by atoms with Gasteiger partial charge in [0.15, 0.2) is 5.82 Å². The maximum atomic E-state index is 9.21. The monoisotopic (exact) mass is 238 g/mol. The highest BCUT2D eigenvalue weighted by atomic mass is 16.5. The number of hydrogen-bond donors (Lipinski definition) is 3.